The average Bonchev–Trinajstić information content (AvgIpc) is 3.27. The monoisotopic (exact) mass is 420 g/mol. The number of carbonyl (C=O) groups excluding carboxylic acids is 1. The molecule has 6 nitrogen and oxygen atoms in total. The highest BCUT2D eigenvalue weighted by Gasteiger charge is 2.28. The van der Waals surface area contributed by atoms with Gasteiger partial charge < -0.3 is 18.8 Å². The highest BCUT2D eigenvalue weighted by molar-refractivity contribution is 5.78. The van der Waals surface area contributed by atoms with Gasteiger partial charge in [0, 0.05) is 25.1 Å². The number of rotatable bonds is 7. The fourth-order valence-corrected chi connectivity index (χ4v) is 3.91. The van der Waals surface area contributed by atoms with Gasteiger partial charge >= 0.3 is 0 Å². The maximum atomic E-state index is 12.7. The smallest absolute Gasteiger partial charge is 0.260 e. The van der Waals surface area contributed by atoms with Crippen LogP contribution in [0, 0.1) is 6.92 Å². The number of oxazole rings is 1. The first-order valence-electron chi connectivity index (χ1n) is 10.7. The van der Waals surface area contributed by atoms with Crippen LogP contribution in [0.3, 0.4) is 0 Å². The van der Waals surface area contributed by atoms with E-state index in [2.05, 4.69) is 4.98 Å². The Bertz CT molecular complexity index is 1010. The molecule has 1 fully saturated rings. The summed E-state index contributed by atoms with van der Waals surface area (Å²) in [6, 6.07) is 15.6. The second kappa shape index (κ2) is 9.69. The van der Waals surface area contributed by atoms with Crippen molar-refractivity contribution in [1.29, 1.82) is 0 Å². The van der Waals surface area contributed by atoms with E-state index in [0.717, 1.165) is 42.0 Å². The Kier molecular flexibility index (Phi) is 6.55. The molecule has 1 aliphatic rings. The zero-order valence-corrected chi connectivity index (χ0v) is 18.0. The molecule has 0 bridgehead atoms. The second-order valence-electron chi connectivity index (χ2n) is 7.93. The molecule has 4 rings (SSSR count). The van der Waals surface area contributed by atoms with Crippen LogP contribution in [-0.4, -0.2) is 42.6 Å². The van der Waals surface area contributed by atoms with E-state index < -0.39 is 0 Å². The summed E-state index contributed by atoms with van der Waals surface area (Å²) in [4.78, 5) is 19.0. The number of nitrogens with zero attached hydrogens (tertiary/aromatic N) is 2. The number of hydrogen-bond acceptors (Lipinski definition) is 5. The van der Waals surface area contributed by atoms with Crippen LogP contribution in [-0.2, 0) is 11.2 Å². The molecule has 1 unspecified atom stereocenters. The number of carbonyl (C=O) groups is 1. The van der Waals surface area contributed by atoms with Gasteiger partial charge in [0.15, 0.2) is 12.5 Å². The number of methoxy groups -OCH3 is 1. The molecular weight excluding hydrogens is 392 g/mol. The van der Waals surface area contributed by atoms with Crippen molar-refractivity contribution >= 4 is 5.91 Å². The summed E-state index contributed by atoms with van der Waals surface area (Å²) < 4.78 is 17.2. The lowest BCUT2D eigenvalue weighted by molar-refractivity contribution is -0.134. The van der Waals surface area contributed by atoms with E-state index in [0.29, 0.717) is 24.6 Å². The number of hydrogen-bond donors (Lipinski definition) is 0. The van der Waals surface area contributed by atoms with Gasteiger partial charge in [-0.05, 0) is 38.0 Å². The largest absolute Gasteiger partial charge is 0.496 e. The second-order valence-corrected chi connectivity index (χ2v) is 7.93. The lowest BCUT2D eigenvalue weighted by Gasteiger charge is -2.31. The summed E-state index contributed by atoms with van der Waals surface area (Å²) in [5, 5.41) is 0. The van der Waals surface area contributed by atoms with Gasteiger partial charge in [0.1, 0.15) is 17.3 Å². The summed E-state index contributed by atoms with van der Waals surface area (Å²) in [5.74, 6) is 3.13. The molecule has 0 spiro atoms. The Hall–Kier alpha value is -3.28. The lowest BCUT2D eigenvalue weighted by atomic mass is 9.98. The van der Waals surface area contributed by atoms with Crippen molar-refractivity contribution in [1.82, 2.24) is 9.88 Å². The minimum atomic E-state index is -0.00826. The van der Waals surface area contributed by atoms with Gasteiger partial charge in [0.25, 0.3) is 5.91 Å². The summed E-state index contributed by atoms with van der Waals surface area (Å²) in [5.41, 5.74) is 2.22. The number of likely N-dealkylation sites (tertiary alicyclic amines) is 1. The Morgan fingerprint density at radius 2 is 2.00 bits per heavy atom. The van der Waals surface area contributed by atoms with Crippen molar-refractivity contribution in [2.45, 2.75) is 32.1 Å². The molecule has 3 aromatic rings. The van der Waals surface area contributed by atoms with Gasteiger partial charge in [0.05, 0.1) is 19.2 Å². The van der Waals surface area contributed by atoms with Gasteiger partial charge in [-0.25, -0.2) is 4.98 Å². The Morgan fingerprint density at radius 1 is 1.19 bits per heavy atom. The summed E-state index contributed by atoms with van der Waals surface area (Å²) in [6.45, 7) is 3.40. The predicted molar refractivity (Wildman–Crippen MR) is 118 cm³/mol. The lowest BCUT2D eigenvalue weighted by Crippen LogP contribution is -2.41. The number of ether oxygens (including phenoxy) is 2. The molecule has 2 heterocycles. The number of piperidine rings is 1. The van der Waals surface area contributed by atoms with Crippen LogP contribution in [0.4, 0.5) is 0 Å². The van der Waals surface area contributed by atoms with Crippen molar-refractivity contribution in [3.05, 3.63) is 77.5 Å². The standard InChI is InChI=1S/C25H28N2O4/c1-18-9-11-21(12-10-18)30-17-24(28)27-13-5-7-20(16-27)25-26-15-22(31-25)14-19-6-3-4-8-23(19)29-2/h3-4,6,8-12,15,20H,5,7,13-14,16-17H2,1-2H3. The van der Waals surface area contributed by atoms with Crippen molar-refractivity contribution in [3.63, 3.8) is 0 Å². The predicted octanol–water partition coefficient (Wildman–Crippen LogP) is 4.37. The molecule has 2 aromatic carbocycles. The number of benzene rings is 2. The van der Waals surface area contributed by atoms with E-state index in [4.69, 9.17) is 13.9 Å². The number of aryl methyl sites for hydroxylation is 1. The Labute approximate surface area is 182 Å². The molecule has 1 amide bonds. The zero-order chi connectivity index (χ0) is 21.6. The van der Waals surface area contributed by atoms with Crippen molar-refractivity contribution in [2.75, 3.05) is 26.8 Å². The van der Waals surface area contributed by atoms with Gasteiger partial charge in [-0.3, -0.25) is 4.79 Å². The van der Waals surface area contributed by atoms with Crippen LogP contribution >= 0.6 is 0 Å². The van der Waals surface area contributed by atoms with Gasteiger partial charge in [-0.15, -0.1) is 0 Å². The van der Waals surface area contributed by atoms with Crippen LogP contribution < -0.4 is 9.47 Å². The van der Waals surface area contributed by atoms with Crippen LogP contribution in [0.1, 0.15) is 41.5 Å². The third-order valence-corrected chi connectivity index (χ3v) is 5.64. The Morgan fingerprint density at radius 3 is 2.81 bits per heavy atom. The highest BCUT2D eigenvalue weighted by atomic mass is 16.5. The third-order valence-electron chi connectivity index (χ3n) is 5.64. The van der Waals surface area contributed by atoms with Gasteiger partial charge in [0.2, 0.25) is 0 Å². The van der Waals surface area contributed by atoms with E-state index in [9.17, 15) is 4.79 Å². The minimum Gasteiger partial charge on any atom is -0.496 e. The summed E-state index contributed by atoms with van der Waals surface area (Å²) >= 11 is 0. The Balaban J connectivity index is 1.35. The number of amides is 1. The molecule has 6 heteroatoms. The van der Waals surface area contributed by atoms with Crippen molar-refractivity contribution < 1.29 is 18.7 Å². The summed E-state index contributed by atoms with van der Waals surface area (Å²) in [7, 11) is 1.67. The molecule has 0 saturated carbocycles. The molecule has 31 heavy (non-hydrogen) atoms. The molecule has 1 saturated heterocycles. The SMILES string of the molecule is COc1ccccc1Cc1cnc(C2CCCN(C(=O)COc3ccc(C)cc3)C2)o1. The van der Waals surface area contributed by atoms with Crippen molar-refractivity contribution in [2.24, 2.45) is 0 Å². The summed E-state index contributed by atoms with van der Waals surface area (Å²) in [6.07, 6.45) is 4.28. The maximum Gasteiger partial charge on any atom is 0.260 e. The molecule has 1 aromatic heterocycles. The normalized spacial score (nSPS) is 16.2. The van der Waals surface area contributed by atoms with Crippen LogP contribution in [0.15, 0.2) is 59.1 Å². The molecule has 0 aliphatic carbocycles. The van der Waals surface area contributed by atoms with E-state index in [1.54, 1.807) is 13.3 Å². The van der Waals surface area contributed by atoms with Gasteiger partial charge in [-0.2, -0.15) is 0 Å². The first kappa shape index (κ1) is 21.0. The number of aromatic nitrogens is 1. The first-order valence-corrected chi connectivity index (χ1v) is 10.7. The zero-order valence-electron chi connectivity index (χ0n) is 18.0. The maximum absolute atomic E-state index is 12.7. The quantitative estimate of drug-likeness (QED) is 0.568. The van der Waals surface area contributed by atoms with E-state index in [1.165, 1.54) is 0 Å². The minimum absolute atomic E-state index is 0.00826. The van der Waals surface area contributed by atoms with Crippen molar-refractivity contribution in [3.8, 4) is 11.5 Å². The molecule has 0 N–H and O–H groups in total. The molecule has 1 atom stereocenters. The molecule has 0 radical (unpaired) electrons. The van der Waals surface area contributed by atoms with Gasteiger partial charge in [-0.1, -0.05) is 35.9 Å². The van der Waals surface area contributed by atoms with Crippen LogP contribution in [0.2, 0.25) is 0 Å². The topological polar surface area (TPSA) is 64.8 Å². The average molecular weight is 421 g/mol. The van der Waals surface area contributed by atoms with E-state index in [1.807, 2.05) is 60.4 Å². The van der Waals surface area contributed by atoms with Crippen LogP contribution in [0.25, 0.3) is 0 Å². The third kappa shape index (κ3) is 5.26. The molecule has 1 aliphatic heterocycles. The molecule has 162 valence electrons. The highest BCUT2D eigenvalue weighted by Crippen LogP contribution is 2.28. The fourth-order valence-electron chi connectivity index (χ4n) is 3.91. The molecular formula is C25H28N2O4. The van der Waals surface area contributed by atoms with Crippen LogP contribution in [0.5, 0.6) is 11.5 Å². The first-order chi connectivity index (χ1) is 15.1. The van der Waals surface area contributed by atoms with E-state index >= 15 is 0 Å². The van der Waals surface area contributed by atoms with E-state index in [-0.39, 0.29) is 18.4 Å². The number of para-hydroxylation sites is 1. The fraction of sp³-hybridized carbons (Fsp3) is 0.360.